The first-order chi connectivity index (χ1) is 17.0. The number of carbonyl (C=O) groups excluding carboxylic acids is 1. The highest BCUT2D eigenvalue weighted by atomic mass is 16.6. The van der Waals surface area contributed by atoms with Gasteiger partial charge in [0, 0.05) is 6.54 Å². The lowest BCUT2D eigenvalue weighted by molar-refractivity contribution is -0.158. The number of carbonyl (C=O) groups is 3. The number of aliphatic carboxylic acids is 2. The fourth-order valence-corrected chi connectivity index (χ4v) is 4.62. The second kappa shape index (κ2) is 19.3. The first-order valence-electron chi connectivity index (χ1n) is 14.5. The third-order valence-corrected chi connectivity index (χ3v) is 6.65. The average Bonchev–Trinajstić information content (AvgIpc) is 2.77. The molecule has 7 nitrogen and oxygen atoms in total. The molecule has 0 spiro atoms. The largest absolute Gasteiger partial charge is 0.481 e. The fraction of sp³-hybridized carbons (Fsp3) is 0.897. The van der Waals surface area contributed by atoms with Gasteiger partial charge in [0.1, 0.15) is 5.60 Å². The van der Waals surface area contributed by atoms with E-state index in [0.29, 0.717) is 12.8 Å². The maximum atomic E-state index is 13.2. The Morgan fingerprint density at radius 1 is 0.667 bits per heavy atom. The van der Waals surface area contributed by atoms with Gasteiger partial charge in [-0.15, -0.1) is 0 Å². The Morgan fingerprint density at radius 3 is 1.47 bits per heavy atom. The molecule has 0 aromatic rings. The number of carboxylic acids is 2. The van der Waals surface area contributed by atoms with Gasteiger partial charge in [-0.2, -0.15) is 0 Å². The van der Waals surface area contributed by atoms with Crippen LogP contribution in [0.1, 0.15) is 150 Å². The predicted octanol–water partition coefficient (Wildman–Crippen LogP) is 8.19. The molecule has 36 heavy (non-hydrogen) atoms. The number of hydrogen-bond donors (Lipinski definition) is 2. The summed E-state index contributed by atoms with van der Waals surface area (Å²) in [5.74, 6) is -2.49. The molecule has 1 amide bonds. The van der Waals surface area contributed by atoms with E-state index in [9.17, 15) is 24.6 Å². The molecule has 0 bridgehead atoms. The summed E-state index contributed by atoms with van der Waals surface area (Å²) < 4.78 is 5.57. The third kappa shape index (κ3) is 15.4. The van der Waals surface area contributed by atoms with Crippen molar-refractivity contribution in [2.75, 3.05) is 6.54 Å². The zero-order chi connectivity index (χ0) is 27.5. The summed E-state index contributed by atoms with van der Waals surface area (Å²) in [7, 11) is 0. The third-order valence-electron chi connectivity index (χ3n) is 6.65. The minimum Gasteiger partial charge on any atom is -0.481 e. The van der Waals surface area contributed by atoms with Crippen molar-refractivity contribution in [1.29, 1.82) is 0 Å². The second-order valence-electron chi connectivity index (χ2n) is 11.2. The molecule has 0 aromatic heterocycles. The van der Waals surface area contributed by atoms with Gasteiger partial charge >= 0.3 is 18.0 Å². The topological polar surface area (TPSA) is 104 Å². The van der Waals surface area contributed by atoms with Gasteiger partial charge in [0.05, 0.1) is 6.42 Å². The Hall–Kier alpha value is -1.79. The maximum Gasteiger partial charge on any atom is 0.411 e. The highest BCUT2D eigenvalue weighted by Gasteiger charge is 2.49. The summed E-state index contributed by atoms with van der Waals surface area (Å²) in [6.45, 7) is 9.75. The monoisotopic (exact) mass is 513 g/mol. The van der Waals surface area contributed by atoms with Crippen LogP contribution in [0.2, 0.25) is 0 Å². The fourth-order valence-electron chi connectivity index (χ4n) is 4.62. The smallest absolute Gasteiger partial charge is 0.411 e. The summed E-state index contributed by atoms with van der Waals surface area (Å²) in [4.78, 5) is 38.9. The molecule has 0 aliphatic heterocycles. The Kier molecular flexibility index (Phi) is 18.4. The second-order valence-corrected chi connectivity index (χ2v) is 11.2. The van der Waals surface area contributed by atoms with Crippen molar-refractivity contribution in [3.05, 3.63) is 0 Å². The molecule has 7 heteroatoms. The molecule has 0 saturated heterocycles. The van der Waals surface area contributed by atoms with E-state index in [4.69, 9.17) is 4.74 Å². The Balaban J connectivity index is 5.38. The molecular formula is C29H55NO6. The van der Waals surface area contributed by atoms with Gasteiger partial charge in [-0.25, -0.2) is 9.59 Å². The Morgan fingerprint density at radius 2 is 1.08 bits per heavy atom. The molecule has 0 aromatic carbocycles. The van der Waals surface area contributed by atoms with Crippen LogP contribution in [0.15, 0.2) is 0 Å². The molecule has 0 fully saturated rings. The normalized spacial score (nSPS) is 13.2. The number of rotatable bonds is 22. The molecular weight excluding hydrogens is 458 g/mol. The van der Waals surface area contributed by atoms with Crippen molar-refractivity contribution in [3.8, 4) is 0 Å². The summed E-state index contributed by atoms with van der Waals surface area (Å²) >= 11 is 0. The van der Waals surface area contributed by atoms with Gasteiger partial charge in [-0.3, -0.25) is 9.69 Å². The van der Waals surface area contributed by atoms with Crippen molar-refractivity contribution in [2.45, 2.75) is 161 Å². The molecule has 0 aliphatic carbocycles. The minimum atomic E-state index is -1.81. The molecule has 2 N–H and O–H groups in total. The van der Waals surface area contributed by atoms with E-state index in [1.54, 1.807) is 20.8 Å². The standard InChI is InChI=1S/C29H55NO6/c1-6-8-10-12-14-16-18-20-22-29(26(33)34,24-25(31)32)30(27(35)36-28(3,4)5)23-21-19-17-15-13-11-9-7-2/h6-24H2,1-5H3,(H,31,32)(H,33,34)/t29-/m0/s1. The number of carboxylic acid groups (broad SMARTS) is 2. The number of ether oxygens (including phenoxy) is 1. The van der Waals surface area contributed by atoms with Crippen molar-refractivity contribution < 1.29 is 29.3 Å². The number of unbranched alkanes of at least 4 members (excludes halogenated alkanes) is 14. The highest BCUT2D eigenvalue weighted by Crippen LogP contribution is 2.31. The molecule has 0 saturated carbocycles. The van der Waals surface area contributed by atoms with E-state index in [0.717, 1.165) is 44.9 Å². The zero-order valence-corrected chi connectivity index (χ0v) is 23.9. The van der Waals surface area contributed by atoms with Crippen LogP contribution in [0.3, 0.4) is 0 Å². The van der Waals surface area contributed by atoms with Crippen molar-refractivity contribution in [2.24, 2.45) is 0 Å². The van der Waals surface area contributed by atoms with Crippen LogP contribution in [-0.4, -0.2) is 50.8 Å². The van der Waals surface area contributed by atoms with Crippen LogP contribution in [0, 0.1) is 0 Å². The molecule has 0 unspecified atom stereocenters. The van der Waals surface area contributed by atoms with E-state index in [-0.39, 0.29) is 13.0 Å². The van der Waals surface area contributed by atoms with E-state index in [2.05, 4.69) is 13.8 Å². The molecule has 1 atom stereocenters. The summed E-state index contributed by atoms with van der Waals surface area (Å²) in [6, 6.07) is 0. The van der Waals surface area contributed by atoms with Gasteiger partial charge in [0.15, 0.2) is 5.54 Å². The van der Waals surface area contributed by atoms with E-state index < -0.39 is 35.6 Å². The average molecular weight is 514 g/mol. The van der Waals surface area contributed by atoms with Crippen LogP contribution in [0.4, 0.5) is 4.79 Å². The Bertz CT molecular complexity index is 615. The van der Waals surface area contributed by atoms with Crippen molar-refractivity contribution in [3.63, 3.8) is 0 Å². The van der Waals surface area contributed by atoms with Gasteiger partial charge in [0.25, 0.3) is 0 Å². The number of hydrogen-bond acceptors (Lipinski definition) is 4. The lowest BCUT2D eigenvalue weighted by atomic mass is 9.86. The Labute approximate surface area is 220 Å². The van der Waals surface area contributed by atoms with E-state index in [1.807, 2.05) is 0 Å². The molecule has 0 aliphatic rings. The highest BCUT2D eigenvalue weighted by molar-refractivity contribution is 5.89. The minimum absolute atomic E-state index is 0.111. The van der Waals surface area contributed by atoms with Gasteiger partial charge < -0.3 is 14.9 Å². The first-order valence-corrected chi connectivity index (χ1v) is 14.5. The van der Waals surface area contributed by atoms with Gasteiger partial charge in [-0.05, 0) is 33.6 Å². The van der Waals surface area contributed by atoms with Crippen LogP contribution < -0.4 is 0 Å². The van der Waals surface area contributed by atoms with Gasteiger partial charge in [-0.1, -0.05) is 110 Å². The van der Waals surface area contributed by atoms with Crippen LogP contribution in [0.5, 0.6) is 0 Å². The molecule has 0 heterocycles. The summed E-state index contributed by atoms with van der Waals surface area (Å²) in [5.41, 5.74) is -2.61. The number of amides is 1. The SMILES string of the molecule is CCCCCCCCCCN(C(=O)OC(C)(C)C)[C@@](CCCCCCCCCC)(CC(=O)O)C(=O)O. The van der Waals surface area contributed by atoms with Crippen molar-refractivity contribution >= 4 is 18.0 Å². The quantitative estimate of drug-likeness (QED) is 0.141. The lowest BCUT2D eigenvalue weighted by Crippen LogP contribution is -2.59. The molecule has 212 valence electrons. The van der Waals surface area contributed by atoms with Crippen LogP contribution >= 0.6 is 0 Å². The summed E-state index contributed by atoms with van der Waals surface area (Å²) in [5, 5.41) is 20.0. The molecule has 0 rings (SSSR count). The maximum absolute atomic E-state index is 13.2. The predicted molar refractivity (Wildman–Crippen MR) is 145 cm³/mol. The van der Waals surface area contributed by atoms with Gasteiger partial charge in [0.2, 0.25) is 0 Å². The zero-order valence-electron chi connectivity index (χ0n) is 23.9. The molecule has 0 radical (unpaired) electrons. The van der Waals surface area contributed by atoms with E-state index in [1.165, 1.54) is 49.8 Å². The van der Waals surface area contributed by atoms with E-state index >= 15 is 0 Å². The van der Waals surface area contributed by atoms with Crippen LogP contribution in [0.25, 0.3) is 0 Å². The van der Waals surface area contributed by atoms with Crippen LogP contribution in [-0.2, 0) is 14.3 Å². The summed E-state index contributed by atoms with van der Waals surface area (Å²) in [6.07, 6.45) is 15.4. The number of nitrogens with zero attached hydrogens (tertiary/aromatic N) is 1. The first kappa shape index (κ1) is 34.2. The lowest BCUT2D eigenvalue weighted by Gasteiger charge is -2.40. The van der Waals surface area contributed by atoms with Crippen molar-refractivity contribution in [1.82, 2.24) is 4.90 Å².